The highest BCUT2D eigenvalue weighted by molar-refractivity contribution is 6.32. The van der Waals surface area contributed by atoms with Crippen LogP contribution in [0.1, 0.15) is 30.4 Å². The molecular weight excluding hydrogens is 466 g/mol. The maximum absolute atomic E-state index is 11.2. The minimum atomic E-state index is -0.927. The van der Waals surface area contributed by atoms with Gasteiger partial charge in [-0.05, 0) is 67.8 Å². The van der Waals surface area contributed by atoms with E-state index in [1.165, 1.54) is 0 Å². The summed E-state index contributed by atoms with van der Waals surface area (Å²) in [6.07, 6.45) is 6.16. The second-order valence-electron chi connectivity index (χ2n) is 9.22. The first-order valence-corrected chi connectivity index (χ1v) is 12.4. The molecule has 0 saturated carbocycles. The van der Waals surface area contributed by atoms with Crippen molar-refractivity contribution in [3.63, 3.8) is 0 Å². The third kappa shape index (κ3) is 7.13. The van der Waals surface area contributed by atoms with Gasteiger partial charge in [-0.25, -0.2) is 0 Å². The lowest BCUT2D eigenvalue weighted by atomic mass is 9.93. The van der Waals surface area contributed by atoms with Crippen molar-refractivity contribution in [1.29, 1.82) is 0 Å². The molecule has 2 heterocycles. The van der Waals surface area contributed by atoms with Crippen LogP contribution in [0.25, 0.3) is 0 Å². The van der Waals surface area contributed by atoms with Crippen molar-refractivity contribution in [2.24, 2.45) is 0 Å². The van der Waals surface area contributed by atoms with Gasteiger partial charge in [0.05, 0.1) is 18.7 Å². The second kappa shape index (κ2) is 11.8. The van der Waals surface area contributed by atoms with Crippen molar-refractivity contribution in [2.45, 2.75) is 44.9 Å². The Morgan fingerprint density at radius 3 is 2.80 bits per heavy atom. The number of methoxy groups -OCH3 is 1. The summed E-state index contributed by atoms with van der Waals surface area (Å²) in [5, 5.41) is 16.0. The van der Waals surface area contributed by atoms with Gasteiger partial charge in [0.2, 0.25) is 0 Å². The van der Waals surface area contributed by atoms with Gasteiger partial charge in [-0.3, -0.25) is 9.58 Å². The molecule has 4 rings (SSSR count). The molecule has 0 aliphatic carbocycles. The number of hydrogen-bond acceptors (Lipinski definition) is 6. The summed E-state index contributed by atoms with van der Waals surface area (Å²) >= 11 is 6.26. The molecule has 7 nitrogen and oxygen atoms in total. The van der Waals surface area contributed by atoms with E-state index in [1.807, 2.05) is 60.3 Å². The van der Waals surface area contributed by atoms with Gasteiger partial charge >= 0.3 is 0 Å². The number of nitrogens with zero attached hydrogens (tertiary/aromatic N) is 3. The Kier molecular flexibility index (Phi) is 8.55. The summed E-state index contributed by atoms with van der Waals surface area (Å²) in [5.74, 6) is 2.06. The number of likely N-dealkylation sites (tertiary alicyclic amines) is 1. The van der Waals surface area contributed by atoms with E-state index >= 15 is 0 Å². The summed E-state index contributed by atoms with van der Waals surface area (Å²) < 4.78 is 19.4. The van der Waals surface area contributed by atoms with Crippen LogP contribution in [-0.4, -0.2) is 58.8 Å². The van der Waals surface area contributed by atoms with Crippen LogP contribution in [0, 0.1) is 6.92 Å². The minimum Gasteiger partial charge on any atom is -0.493 e. The van der Waals surface area contributed by atoms with Crippen LogP contribution in [0.2, 0.25) is 5.02 Å². The molecule has 8 heteroatoms. The number of aryl methyl sites for hydroxylation is 2. The summed E-state index contributed by atoms with van der Waals surface area (Å²) in [6, 6.07) is 13.6. The van der Waals surface area contributed by atoms with Crippen LogP contribution in [0.3, 0.4) is 0 Å². The van der Waals surface area contributed by atoms with Crippen LogP contribution >= 0.6 is 11.6 Å². The molecule has 3 aromatic rings. The lowest BCUT2D eigenvalue weighted by Gasteiger charge is -2.39. The molecule has 0 unspecified atom stereocenters. The van der Waals surface area contributed by atoms with E-state index in [2.05, 4.69) is 10.00 Å². The summed E-state index contributed by atoms with van der Waals surface area (Å²) in [5.41, 5.74) is 1.25. The molecule has 35 heavy (non-hydrogen) atoms. The topological polar surface area (TPSA) is 69.0 Å². The van der Waals surface area contributed by atoms with Gasteiger partial charge in [-0.1, -0.05) is 23.7 Å². The van der Waals surface area contributed by atoms with E-state index < -0.39 is 5.60 Å². The fourth-order valence-electron chi connectivity index (χ4n) is 4.42. The Bertz CT molecular complexity index is 1090. The van der Waals surface area contributed by atoms with Crippen LogP contribution < -0.4 is 14.2 Å². The normalized spacial score (nSPS) is 18.4. The van der Waals surface area contributed by atoms with Gasteiger partial charge in [-0.15, -0.1) is 0 Å². The monoisotopic (exact) mass is 499 g/mol. The van der Waals surface area contributed by atoms with Crippen LogP contribution in [0.4, 0.5) is 0 Å². The molecule has 1 fully saturated rings. The zero-order valence-electron chi connectivity index (χ0n) is 20.5. The first-order valence-electron chi connectivity index (χ1n) is 12.0. The van der Waals surface area contributed by atoms with Crippen molar-refractivity contribution in [3.05, 3.63) is 71.0 Å². The number of rotatable bonds is 11. The Hall–Kier alpha value is -2.74. The molecule has 1 atom stereocenters. The van der Waals surface area contributed by atoms with Crippen LogP contribution in [0.15, 0.2) is 54.9 Å². The molecular formula is C27H34ClN3O4. The van der Waals surface area contributed by atoms with Crippen molar-refractivity contribution >= 4 is 11.6 Å². The maximum Gasteiger partial charge on any atom is 0.161 e. The van der Waals surface area contributed by atoms with Crippen molar-refractivity contribution < 1.29 is 19.3 Å². The highest BCUT2D eigenvalue weighted by Gasteiger charge is 2.34. The number of β-amino-alcohol motifs (C(OH)–C–C–N with tert-alkyl or cyclic N) is 1. The maximum atomic E-state index is 11.2. The summed E-state index contributed by atoms with van der Waals surface area (Å²) in [7, 11) is 1.65. The van der Waals surface area contributed by atoms with Crippen molar-refractivity contribution in [3.8, 4) is 17.2 Å². The number of halogens is 1. The second-order valence-corrected chi connectivity index (χ2v) is 9.62. The lowest BCUT2D eigenvalue weighted by Crippen LogP contribution is -2.51. The fourth-order valence-corrected chi connectivity index (χ4v) is 4.60. The number of hydrogen-bond donors (Lipinski definition) is 1. The number of aromatic nitrogens is 2. The summed E-state index contributed by atoms with van der Waals surface area (Å²) in [4.78, 5) is 2.26. The molecule has 0 bridgehead atoms. The van der Waals surface area contributed by atoms with Crippen LogP contribution in [-0.2, 0) is 13.1 Å². The molecule has 0 radical (unpaired) electrons. The molecule has 188 valence electrons. The predicted molar refractivity (Wildman–Crippen MR) is 136 cm³/mol. The number of ether oxygens (including phenoxy) is 3. The molecule has 1 aliphatic rings. The average Bonchev–Trinajstić information content (AvgIpc) is 3.36. The van der Waals surface area contributed by atoms with E-state index in [-0.39, 0.29) is 6.61 Å². The lowest BCUT2D eigenvalue weighted by molar-refractivity contribution is -0.0621. The Morgan fingerprint density at radius 1 is 1.11 bits per heavy atom. The number of piperidine rings is 1. The third-order valence-electron chi connectivity index (χ3n) is 6.20. The molecule has 1 aliphatic heterocycles. The van der Waals surface area contributed by atoms with E-state index in [1.54, 1.807) is 13.3 Å². The molecule has 1 N–H and O–H groups in total. The van der Waals surface area contributed by atoms with Gasteiger partial charge < -0.3 is 19.3 Å². The quantitative estimate of drug-likeness (QED) is 0.385. The molecule has 2 aromatic carbocycles. The smallest absolute Gasteiger partial charge is 0.161 e. The minimum absolute atomic E-state index is 0.208. The van der Waals surface area contributed by atoms with Gasteiger partial charge in [0.15, 0.2) is 11.5 Å². The van der Waals surface area contributed by atoms with Crippen LogP contribution in [0.5, 0.6) is 17.2 Å². The Labute approximate surface area is 212 Å². The number of aliphatic hydroxyl groups is 1. The van der Waals surface area contributed by atoms with E-state index in [9.17, 15) is 5.11 Å². The molecule has 0 amide bonds. The molecule has 1 aromatic heterocycles. The third-order valence-corrected chi connectivity index (χ3v) is 6.51. The molecule has 0 spiro atoms. The molecule has 1 saturated heterocycles. The zero-order valence-corrected chi connectivity index (χ0v) is 21.2. The first-order chi connectivity index (χ1) is 16.9. The van der Waals surface area contributed by atoms with E-state index in [0.29, 0.717) is 42.6 Å². The Morgan fingerprint density at radius 2 is 2.00 bits per heavy atom. The average molecular weight is 500 g/mol. The van der Waals surface area contributed by atoms with E-state index in [0.717, 1.165) is 42.8 Å². The van der Waals surface area contributed by atoms with E-state index in [4.69, 9.17) is 25.8 Å². The van der Waals surface area contributed by atoms with Gasteiger partial charge in [0.25, 0.3) is 0 Å². The SMILES string of the molecule is COc1ccc(CN2CCC[C@@](O)(COc3cc(C)ccc3Cl)C2)cc1OCCCn1cccn1. The highest BCUT2D eigenvalue weighted by atomic mass is 35.5. The van der Waals surface area contributed by atoms with Gasteiger partial charge in [-0.2, -0.15) is 5.10 Å². The number of benzene rings is 2. The zero-order chi connectivity index (χ0) is 24.7. The van der Waals surface area contributed by atoms with Gasteiger partial charge in [0, 0.05) is 38.4 Å². The standard InChI is InChI=1S/C27H34ClN3O4/c1-21-6-8-23(28)25(16-21)35-20-27(32)10-3-12-30(19-27)18-22-7-9-24(33-2)26(17-22)34-15-5-14-31-13-4-11-29-31/h4,6-9,11,13,16-17,32H,3,5,10,12,14-15,18-20H2,1-2H3/t27-/m0/s1. The Balaban J connectivity index is 1.33. The largest absolute Gasteiger partial charge is 0.493 e. The fraction of sp³-hybridized carbons (Fsp3) is 0.444. The van der Waals surface area contributed by atoms with Crippen molar-refractivity contribution in [2.75, 3.05) is 33.4 Å². The van der Waals surface area contributed by atoms with Crippen molar-refractivity contribution in [1.82, 2.24) is 14.7 Å². The van der Waals surface area contributed by atoms with Gasteiger partial charge in [0.1, 0.15) is 18.0 Å². The summed E-state index contributed by atoms with van der Waals surface area (Å²) in [6.45, 7) is 5.73. The highest BCUT2D eigenvalue weighted by Crippen LogP contribution is 2.31. The predicted octanol–water partition coefficient (Wildman–Crippen LogP) is 4.73. The first kappa shape index (κ1) is 25.4.